The predicted octanol–water partition coefficient (Wildman–Crippen LogP) is 1.20. The molecule has 0 aromatic carbocycles. The summed E-state index contributed by atoms with van der Waals surface area (Å²) >= 11 is 10.0. The Balaban J connectivity index is 3.70. The zero-order chi connectivity index (χ0) is 15.4. The highest BCUT2D eigenvalue weighted by Crippen LogP contribution is 1.86. The highest BCUT2D eigenvalue weighted by atomic mass is 32.1. The van der Waals surface area contributed by atoms with Crippen LogP contribution in [-0.2, 0) is 0 Å². The van der Waals surface area contributed by atoms with E-state index in [0.29, 0.717) is 22.1 Å². The first kappa shape index (κ1) is 18.7. The third-order valence-electron chi connectivity index (χ3n) is 1.89. The van der Waals surface area contributed by atoms with E-state index >= 15 is 0 Å². The smallest absolute Gasteiger partial charge is 0.186 e. The molecule has 0 unspecified atom stereocenters. The summed E-state index contributed by atoms with van der Waals surface area (Å²) in [5, 5.41) is 14.8. The van der Waals surface area contributed by atoms with Crippen molar-refractivity contribution in [1.82, 2.24) is 21.5 Å². The van der Waals surface area contributed by atoms with E-state index in [2.05, 4.69) is 59.4 Å². The number of nitrogens with zero attached hydrogens (tertiary/aromatic N) is 2. The first-order chi connectivity index (χ1) is 9.41. The molecular weight excluding hydrogens is 292 g/mol. The van der Waals surface area contributed by atoms with Gasteiger partial charge in [-0.1, -0.05) is 27.7 Å². The zero-order valence-corrected chi connectivity index (χ0v) is 14.1. The van der Waals surface area contributed by atoms with Crippen LogP contribution in [0.3, 0.4) is 0 Å². The molecule has 0 heterocycles. The van der Waals surface area contributed by atoms with Gasteiger partial charge in [0.25, 0.3) is 0 Å². The zero-order valence-electron chi connectivity index (χ0n) is 12.4. The number of hydrogen-bond donors (Lipinski definition) is 4. The molecule has 0 fully saturated rings. The fourth-order valence-electron chi connectivity index (χ4n) is 0.931. The van der Waals surface area contributed by atoms with Gasteiger partial charge in [0.1, 0.15) is 0 Å². The number of thiocarbonyl (C=S) groups is 2. The molecule has 0 amide bonds. The topological polar surface area (TPSA) is 72.8 Å². The van der Waals surface area contributed by atoms with Crippen LogP contribution in [-0.4, -0.2) is 35.7 Å². The monoisotopic (exact) mass is 316 g/mol. The molecule has 0 aliphatic heterocycles. The quantitative estimate of drug-likeness (QED) is 0.321. The first-order valence-electron chi connectivity index (χ1n) is 6.54. The Kier molecular flexibility index (Phi) is 10.8. The molecule has 6 nitrogen and oxygen atoms in total. The third kappa shape index (κ3) is 13.2. The summed E-state index contributed by atoms with van der Waals surface area (Å²) in [5.74, 6) is 1.06. The Morgan fingerprint density at radius 3 is 1.50 bits per heavy atom. The van der Waals surface area contributed by atoms with Crippen molar-refractivity contribution in [2.45, 2.75) is 27.7 Å². The number of hydrogen-bond acceptors (Lipinski definition) is 4. The second-order valence-electron chi connectivity index (χ2n) is 4.99. The molecule has 0 radical (unpaired) electrons. The van der Waals surface area contributed by atoms with Crippen molar-refractivity contribution in [2.75, 3.05) is 13.1 Å². The highest BCUT2D eigenvalue weighted by Gasteiger charge is 1.95. The minimum atomic E-state index is 0.491. The molecule has 0 saturated carbocycles. The van der Waals surface area contributed by atoms with Gasteiger partial charge in [-0.15, -0.1) is 0 Å². The van der Waals surface area contributed by atoms with Crippen LogP contribution < -0.4 is 21.5 Å². The summed E-state index contributed by atoms with van der Waals surface area (Å²) in [4.78, 5) is 0. The Bertz CT molecular complexity index is 318. The summed E-state index contributed by atoms with van der Waals surface area (Å²) in [6, 6.07) is 0. The van der Waals surface area contributed by atoms with Crippen LogP contribution in [0.1, 0.15) is 27.7 Å². The van der Waals surface area contributed by atoms with Crippen LogP contribution in [0.25, 0.3) is 0 Å². The lowest BCUT2D eigenvalue weighted by Crippen LogP contribution is -2.35. The molecule has 0 aliphatic carbocycles. The van der Waals surface area contributed by atoms with Gasteiger partial charge < -0.3 is 10.6 Å². The fourth-order valence-corrected chi connectivity index (χ4v) is 1.20. The molecule has 0 atom stereocenters. The van der Waals surface area contributed by atoms with Crippen LogP contribution in [0.5, 0.6) is 0 Å². The Morgan fingerprint density at radius 1 is 0.850 bits per heavy atom. The Morgan fingerprint density at radius 2 is 1.20 bits per heavy atom. The van der Waals surface area contributed by atoms with E-state index in [0.717, 1.165) is 13.1 Å². The van der Waals surface area contributed by atoms with Gasteiger partial charge in [-0.2, -0.15) is 10.2 Å². The molecule has 0 spiro atoms. The minimum absolute atomic E-state index is 0.491. The average Bonchev–Trinajstić information content (AvgIpc) is 2.37. The summed E-state index contributed by atoms with van der Waals surface area (Å²) < 4.78 is 0. The first-order valence-corrected chi connectivity index (χ1v) is 7.35. The van der Waals surface area contributed by atoms with Crippen molar-refractivity contribution in [3.8, 4) is 0 Å². The molecule has 0 saturated heterocycles. The minimum Gasteiger partial charge on any atom is -0.361 e. The van der Waals surface area contributed by atoms with Crippen LogP contribution >= 0.6 is 24.4 Å². The Labute approximate surface area is 131 Å². The van der Waals surface area contributed by atoms with E-state index < -0.39 is 0 Å². The van der Waals surface area contributed by atoms with Crippen molar-refractivity contribution in [3.63, 3.8) is 0 Å². The lowest BCUT2D eigenvalue weighted by Gasteiger charge is -2.08. The summed E-state index contributed by atoms with van der Waals surface area (Å²) in [5.41, 5.74) is 5.38. The van der Waals surface area contributed by atoms with Crippen LogP contribution in [0, 0.1) is 11.8 Å². The molecule has 20 heavy (non-hydrogen) atoms. The van der Waals surface area contributed by atoms with Crippen LogP contribution in [0.15, 0.2) is 10.2 Å². The van der Waals surface area contributed by atoms with Gasteiger partial charge in [0, 0.05) is 13.1 Å². The summed E-state index contributed by atoms with van der Waals surface area (Å²) in [6.07, 6.45) is 2.98. The van der Waals surface area contributed by atoms with Gasteiger partial charge in [0.2, 0.25) is 0 Å². The van der Waals surface area contributed by atoms with Crippen molar-refractivity contribution in [3.05, 3.63) is 0 Å². The predicted molar refractivity (Wildman–Crippen MR) is 94.1 cm³/mol. The molecule has 4 N–H and O–H groups in total. The van der Waals surface area contributed by atoms with Gasteiger partial charge in [0.15, 0.2) is 10.2 Å². The van der Waals surface area contributed by atoms with E-state index in [1.54, 1.807) is 0 Å². The number of rotatable bonds is 7. The molecule has 0 aliphatic rings. The highest BCUT2D eigenvalue weighted by molar-refractivity contribution is 7.80. The maximum atomic E-state index is 5.02. The van der Waals surface area contributed by atoms with Crippen LogP contribution in [0.4, 0.5) is 0 Å². The molecular formula is C12H24N6S2. The maximum absolute atomic E-state index is 5.02. The molecule has 0 bridgehead atoms. The standard InChI is InChI=1S/C12H24N6S2/c1-9(2)7-13-11(19)17-15-5-6-16-18-12(20)14-8-10(3)4/h5-6,9-10H,7-8H2,1-4H3,(H2,13,17,19)(H2,14,18,20)/b15-5+,16-6+. The summed E-state index contributed by atoms with van der Waals surface area (Å²) in [7, 11) is 0. The van der Waals surface area contributed by atoms with Crippen molar-refractivity contribution >= 4 is 47.1 Å². The number of nitrogens with one attached hydrogen (secondary N) is 4. The number of hydrazone groups is 2. The van der Waals surface area contributed by atoms with Gasteiger partial charge in [-0.05, 0) is 36.3 Å². The van der Waals surface area contributed by atoms with E-state index in [1.165, 1.54) is 12.4 Å². The van der Waals surface area contributed by atoms with E-state index in [1.807, 2.05) is 0 Å². The average molecular weight is 317 g/mol. The molecule has 114 valence electrons. The van der Waals surface area contributed by atoms with Gasteiger partial charge in [0.05, 0.1) is 12.4 Å². The van der Waals surface area contributed by atoms with Gasteiger partial charge >= 0.3 is 0 Å². The summed E-state index contributed by atoms with van der Waals surface area (Å²) in [6.45, 7) is 10.0. The lowest BCUT2D eigenvalue weighted by atomic mass is 10.2. The second-order valence-corrected chi connectivity index (χ2v) is 5.80. The van der Waals surface area contributed by atoms with Crippen molar-refractivity contribution in [1.29, 1.82) is 0 Å². The van der Waals surface area contributed by atoms with E-state index in [-0.39, 0.29) is 0 Å². The van der Waals surface area contributed by atoms with Crippen LogP contribution in [0.2, 0.25) is 0 Å². The van der Waals surface area contributed by atoms with Gasteiger partial charge in [-0.25, -0.2) is 0 Å². The van der Waals surface area contributed by atoms with E-state index in [4.69, 9.17) is 24.4 Å². The lowest BCUT2D eigenvalue weighted by molar-refractivity contribution is 0.621. The SMILES string of the molecule is CC(C)CNC(=S)N/N=C/C=N/NC(=S)NCC(C)C. The van der Waals surface area contributed by atoms with Gasteiger partial charge in [-0.3, -0.25) is 10.9 Å². The van der Waals surface area contributed by atoms with E-state index in [9.17, 15) is 0 Å². The van der Waals surface area contributed by atoms with Crippen molar-refractivity contribution in [2.24, 2.45) is 22.0 Å². The second kappa shape index (κ2) is 11.5. The van der Waals surface area contributed by atoms with Crippen molar-refractivity contribution < 1.29 is 0 Å². The largest absolute Gasteiger partial charge is 0.361 e. The molecule has 0 aromatic heterocycles. The normalized spacial score (nSPS) is 11.3. The third-order valence-corrected chi connectivity index (χ3v) is 2.36. The molecule has 8 heteroatoms. The maximum Gasteiger partial charge on any atom is 0.186 e. The molecule has 0 rings (SSSR count). The molecule has 0 aromatic rings. The fraction of sp³-hybridized carbons (Fsp3) is 0.667. The Hall–Kier alpha value is -1.28.